The second kappa shape index (κ2) is 5.17. The van der Waals surface area contributed by atoms with E-state index in [1.54, 1.807) is 18.2 Å². The first-order valence-electron chi connectivity index (χ1n) is 7.26. The van der Waals surface area contributed by atoms with Crippen molar-refractivity contribution < 1.29 is 14.7 Å². The van der Waals surface area contributed by atoms with Gasteiger partial charge in [0, 0.05) is 6.54 Å². The number of hydrogen-bond acceptors (Lipinski definition) is 2. The molecule has 2 N–H and O–H groups in total. The first kappa shape index (κ1) is 15.5. The molecule has 0 heterocycles. The van der Waals surface area contributed by atoms with Gasteiger partial charge in [-0.05, 0) is 28.4 Å². The van der Waals surface area contributed by atoms with Crippen LogP contribution in [0.2, 0.25) is 0 Å². The van der Waals surface area contributed by atoms with Gasteiger partial charge >= 0.3 is 5.97 Å². The van der Waals surface area contributed by atoms with Crippen LogP contribution in [-0.2, 0) is 11.2 Å². The van der Waals surface area contributed by atoms with E-state index in [4.69, 9.17) is 5.11 Å². The number of aromatic carboxylic acids is 1. The number of amides is 1. The highest BCUT2D eigenvalue weighted by Crippen LogP contribution is 2.67. The van der Waals surface area contributed by atoms with E-state index >= 15 is 0 Å². The van der Waals surface area contributed by atoms with Crippen LogP contribution in [0.25, 0.3) is 0 Å². The Bertz CT molecular complexity index is 561. The Morgan fingerprint density at radius 3 is 2.24 bits per heavy atom. The number of rotatable bonds is 5. The number of carbonyl (C=O) groups is 2. The van der Waals surface area contributed by atoms with Gasteiger partial charge in [-0.3, -0.25) is 4.79 Å². The molecule has 21 heavy (non-hydrogen) atoms. The molecule has 1 amide bonds. The van der Waals surface area contributed by atoms with Gasteiger partial charge in [0.05, 0.1) is 12.0 Å². The van der Waals surface area contributed by atoms with Crippen LogP contribution in [0, 0.1) is 16.7 Å². The summed E-state index contributed by atoms with van der Waals surface area (Å²) in [5, 5.41) is 12.1. The summed E-state index contributed by atoms with van der Waals surface area (Å²) in [4.78, 5) is 23.2. The molecule has 114 valence electrons. The Morgan fingerprint density at radius 1 is 1.14 bits per heavy atom. The molecule has 0 bridgehead atoms. The zero-order valence-corrected chi connectivity index (χ0v) is 13.1. The van der Waals surface area contributed by atoms with Crippen molar-refractivity contribution in [3.05, 3.63) is 35.4 Å². The molecule has 4 heteroatoms. The lowest BCUT2D eigenvalue weighted by Crippen LogP contribution is -2.29. The first-order valence-corrected chi connectivity index (χ1v) is 7.26. The average Bonchev–Trinajstić information content (AvgIpc) is 2.77. The quantitative estimate of drug-likeness (QED) is 0.876. The lowest BCUT2D eigenvalue weighted by atomic mass is 10.0. The molecule has 0 saturated heterocycles. The van der Waals surface area contributed by atoms with Crippen molar-refractivity contribution >= 4 is 11.9 Å². The highest BCUT2D eigenvalue weighted by atomic mass is 16.4. The third-order valence-corrected chi connectivity index (χ3v) is 5.42. The van der Waals surface area contributed by atoms with E-state index in [2.05, 4.69) is 33.0 Å². The Kier molecular flexibility index (Phi) is 3.83. The molecular formula is C17H23NO3. The minimum Gasteiger partial charge on any atom is -0.478 e. The van der Waals surface area contributed by atoms with Crippen LogP contribution in [-0.4, -0.2) is 23.5 Å². The molecule has 2 rings (SSSR count). The van der Waals surface area contributed by atoms with Gasteiger partial charge in [0.1, 0.15) is 0 Å². The van der Waals surface area contributed by atoms with Crippen LogP contribution >= 0.6 is 0 Å². The molecule has 1 aromatic rings. The molecule has 4 nitrogen and oxygen atoms in total. The monoisotopic (exact) mass is 289 g/mol. The zero-order chi connectivity index (χ0) is 15.8. The van der Waals surface area contributed by atoms with E-state index in [9.17, 15) is 9.59 Å². The summed E-state index contributed by atoms with van der Waals surface area (Å²) in [5.74, 6) is -0.659. The fraction of sp³-hybridized carbons (Fsp3) is 0.529. The van der Waals surface area contributed by atoms with Crippen LogP contribution < -0.4 is 5.32 Å². The maximum Gasteiger partial charge on any atom is 0.335 e. The number of carbonyl (C=O) groups excluding carboxylic acids is 1. The van der Waals surface area contributed by atoms with Gasteiger partial charge in [0.25, 0.3) is 0 Å². The zero-order valence-electron chi connectivity index (χ0n) is 13.1. The SMILES string of the molecule is CC1(C)C(CNC(=O)Cc2ccccc2C(=O)O)C1(C)C. The summed E-state index contributed by atoms with van der Waals surface area (Å²) < 4.78 is 0. The normalized spacial score (nSPS) is 19.0. The van der Waals surface area contributed by atoms with Gasteiger partial charge in [-0.15, -0.1) is 0 Å². The van der Waals surface area contributed by atoms with Crippen LogP contribution in [0.3, 0.4) is 0 Å². The number of carboxylic acid groups (broad SMARTS) is 1. The van der Waals surface area contributed by atoms with Crippen molar-refractivity contribution in [2.45, 2.75) is 34.1 Å². The van der Waals surface area contributed by atoms with Gasteiger partial charge in [-0.25, -0.2) is 4.79 Å². The molecule has 0 atom stereocenters. The van der Waals surface area contributed by atoms with E-state index < -0.39 is 5.97 Å². The lowest BCUT2D eigenvalue weighted by molar-refractivity contribution is -0.120. The predicted octanol–water partition coefficient (Wildman–Crippen LogP) is 2.73. The Labute approximate surface area is 125 Å². The molecule has 1 saturated carbocycles. The van der Waals surface area contributed by atoms with Crippen molar-refractivity contribution in [3.8, 4) is 0 Å². The number of nitrogens with one attached hydrogen (secondary N) is 1. The van der Waals surface area contributed by atoms with Crippen LogP contribution in [0.1, 0.15) is 43.6 Å². The second-order valence-electron chi connectivity index (χ2n) is 6.94. The Hall–Kier alpha value is -1.84. The molecule has 1 aromatic carbocycles. The lowest BCUT2D eigenvalue weighted by Gasteiger charge is -2.08. The molecule has 0 spiro atoms. The molecule has 0 aromatic heterocycles. The van der Waals surface area contributed by atoms with Gasteiger partial charge in [-0.2, -0.15) is 0 Å². The van der Waals surface area contributed by atoms with Crippen molar-refractivity contribution in [1.82, 2.24) is 5.32 Å². The minimum atomic E-state index is -0.997. The topological polar surface area (TPSA) is 66.4 Å². The smallest absolute Gasteiger partial charge is 0.335 e. The largest absolute Gasteiger partial charge is 0.478 e. The molecule has 0 aliphatic heterocycles. The summed E-state index contributed by atoms with van der Waals surface area (Å²) >= 11 is 0. The molecule has 1 fully saturated rings. The molecular weight excluding hydrogens is 266 g/mol. The summed E-state index contributed by atoms with van der Waals surface area (Å²) in [6.45, 7) is 9.49. The minimum absolute atomic E-state index is 0.107. The maximum atomic E-state index is 12.0. The summed E-state index contributed by atoms with van der Waals surface area (Å²) in [6.07, 6.45) is 0.107. The molecule has 0 radical (unpaired) electrons. The number of benzene rings is 1. The average molecular weight is 289 g/mol. The summed E-state index contributed by atoms with van der Waals surface area (Å²) in [7, 11) is 0. The molecule has 0 unspecified atom stereocenters. The molecule has 1 aliphatic rings. The fourth-order valence-corrected chi connectivity index (χ4v) is 3.18. The van der Waals surface area contributed by atoms with Crippen molar-refractivity contribution in [2.24, 2.45) is 16.7 Å². The number of carboxylic acids is 1. The highest BCUT2D eigenvalue weighted by Gasteiger charge is 2.64. The van der Waals surface area contributed by atoms with E-state index in [0.29, 0.717) is 18.0 Å². The van der Waals surface area contributed by atoms with Gasteiger partial charge in [-0.1, -0.05) is 45.9 Å². The van der Waals surface area contributed by atoms with E-state index in [-0.39, 0.29) is 28.7 Å². The summed E-state index contributed by atoms with van der Waals surface area (Å²) in [6, 6.07) is 6.63. The number of hydrogen-bond donors (Lipinski definition) is 2. The molecule has 1 aliphatic carbocycles. The van der Waals surface area contributed by atoms with Crippen LogP contribution in [0.4, 0.5) is 0 Å². The van der Waals surface area contributed by atoms with Crippen LogP contribution in [0.15, 0.2) is 24.3 Å². The second-order valence-corrected chi connectivity index (χ2v) is 6.94. The Balaban J connectivity index is 1.94. The first-order chi connectivity index (χ1) is 9.68. The third kappa shape index (κ3) is 2.80. The van der Waals surface area contributed by atoms with E-state index in [0.717, 1.165) is 0 Å². The van der Waals surface area contributed by atoms with Crippen molar-refractivity contribution in [1.29, 1.82) is 0 Å². The van der Waals surface area contributed by atoms with Gasteiger partial charge in [0.15, 0.2) is 0 Å². The van der Waals surface area contributed by atoms with E-state index in [1.165, 1.54) is 6.07 Å². The van der Waals surface area contributed by atoms with Crippen molar-refractivity contribution in [2.75, 3.05) is 6.54 Å². The predicted molar refractivity (Wildman–Crippen MR) is 81.2 cm³/mol. The maximum absolute atomic E-state index is 12.0. The Morgan fingerprint density at radius 2 is 1.71 bits per heavy atom. The van der Waals surface area contributed by atoms with Gasteiger partial charge < -0.3 is 10.4 Å². The van der Waals surface area contributed by atoms with Gasteiger partial charge in [0.2, 0.25) is 5.91 Å². The highest BCUT2D eigenvalue weighted by molar-refractivity contribution is 5.91. The van der Waals surface area contributed by atoms with Crippen molar-refractivity contribution in [3.63, 3.8) is 0 Å². The third-order valence-electron chi connectivity index (χ3n) is 5.42. The van der Waals surface area contributed by atoms with Crippen LogP contribution in [0.5, 0.6) is 0 Å². The fourth-order valence-electron chi connectivity index (χ4n) is 3.18. The summed E-state index contributed by atoms with van der Waals surface area (Å²) in [5.41, 5.74) is 1.22. The standard InChI is InChI=1S/C17H23NO3/c1-16(2)13(17(16,3)4)10-18-14(19)9-11-7-5-6-8-12(11)15(20)21/h5-8,13H,9-10H2,1-4H3,(H,18,19)(H,20,21). The van der Waals surface area contributed by atoms with E-state index in [1.807, 2.05) is 0 Å².